The van der Waals surface area contributed by atoms with Crippen LogP contribution in [0.15, 0.2) is 35.4 Å². The number of hydrogen-bond donors (Lipinski definition) is 3. The molecule has 146 valence electrons. The van der Waals surface area contributed by atoms with E-state index in [2.05, 4.69) is 20.7 Å². The maximum atomic E-state index is 12.6. The zero-order valence-electron chi connectivity index (χ0n) is 16.2. The number of carbonyl (C=O) groups excluding carboxylic acids is 1. The molecule has 1 heterocycles. The molecular formula is C22H27N5O. The van der Waals surface area contributed by atoms with Crippen LogP contribution in [0.3, 0.4) is 0 Å². The highest BCUT2D eigenvalue weighted by molar-refractivity contribution is 6.00. The van der Waals surface area contributed by atoms with Crippen LogP contribution in [0.25, 0.3) is 0 Å². The summed E-state index contributed by atoms with van der Waals surface area (Å²) >= 11 is 0. The maximum Gasteiger partial charge on any atom is 0.291 e. The highest BCUT2D eigenvalue weighted by Crippen LogP contribution is 2.60. The molecule has 0 unspecified atom stereocenters. The van der Waals surface area contributed by atoms with Crippen LogP contribution in [0, 0.1) is 17.8 Å². The van der Waals surface area contributed by atoms with E-state index >= 15 is 0 Å². The number of carbonyl (C=O) groups is 1. The van der Waals surface area contributed by atoms with Crippen molar-refractivity contribution in [2.45, 2.75) is 50.9 Å². The number of aromatic nitrogens is 2. The van der Waals surface area contributed by atoms with Crippen molar-refractivity contribution in [3.05, 3.63) is 47.3 Å². The molecule has 0 aliphatic heterocycles. The van der Waals surface area contributed by atoms with Crippen molar-refractivity contribution < 1.29 is 4.79 Å². The molecule has 6 rings (SSSR count). The van der Waals surface area contributed by atoms with E-state index in [-0.39, 0.29) is 11.3 Å². The van der Waals surface area contributed by atoms with Gasteiger partial charge in [0.1, 0.15) is 0 Å². The second kappa shape index (κ2) is 6.47. The molecule has 2 aromatic rings. The minimum atomic E-state index is -0.276. The molecule has 1 amide bonds. The average molecular weight is 377 g/mol. The zero-order valence-corrected chi connectivity index (χ0v) is 16.2. The number of nitrogens with two attached hydrogens (primary N) is 1. The third kappa shape index (κ3) is 3.01. The van der Waals surface area contributed by atoms with Crippen molar-refractivity contribution >= 4 is 17.3 Å². The van der Waals surface area contributed by atoms with Crippen LogP contribution in [-0.2, 0) is 5.41 Å². The number of amides is 1. The Balaban J connectivity index is 1.30. The Kier molecular flexibility index (Phi) is 4.03. The molecular weight excluding hydrogens is 350 g/mol. The Labute approximate surface area is 165 Å². The van der Waals surface area contributed by atoms with Crippen LogP contribution in [-0.4, -0.2) is 21.8 Å². The highest BCUT2D eigenvalue weighted by Gasteiger charge is 2.52. The molecule has 6 nitrogen and oxygen atoms in total. The molecule has 0 saturated heterocycles. The molecule has 4 saturated carbocycles. The fourth-order valence-electron chi connectivity index (χ4n) is 6.13. The number of hydrogen-bond acceptors (Lipinski definition) is 4. The molecule has 28 heavy (non-hydrogen) atoms. The van der Waals surface area contributed by atoms with Gasteiger partial charge in [-0.15, -0.1) is 0 Å². The van der Waals surface area contributed by atoms with Gasteiger partial charge in [0.2, 0.25) is 0 Å². The van der Waals surface area contributed by atoms with Gasteiger partial charge >= 0.3 is 0 Å². The van der Waals surface area contributed by atoms with E-state index in [1.54, 1.807) is 0 Å². The summed E-state index contributed by atoms with van der Waals surface area (Å²) in [5, 5.41) is 11.7. The number of rotatable bonds is 4. The molecule has 0 spiro atoms. The number of anilines is 1. The smallest absolute Gasteiger partial charge is 0.291 e. The first-order valence-electron chi connectivity index (χ1n) is 10.3. The van der Waals surface area contributed by atoms with Crippen LogP contribution < -0.4 is 11.2 Å². The van der Waals surface area contributed by atoms with E-state index < -0.39 is 0 Å². The third-order valence-electron chi connectivity index (χ3n) is 7.07. The van der Waals surface area contributed by atoms with Crippen molar-refractivity contribution in [2.75, 3.05) is 5.73 Å². The minimum Gasteiger partial charge on any atom is -0.399 e. The summed E-state index contributed by atoms with van der Waals surface area (Å²) in [6, 6.07) is 9.37. The Morgan fingerprint density at radius 2 is 1.75 bits per heavy atom. The average Bonchev–Trinajstić information content (AvgIpc) is 3.16. The number of hydrazone groups is 1. The van der Waals surface area contributed by atoms with Gasteiger partial charge in [-0.3, -0.25) is 9.89 Å². The molecule has 0 atom stereocenters. The first-order valence-corrected chi connectivity index (χ1v) is 10.3. The van der Waals surface area contributed by atoms with E-state index in [1.807, 2.05) is 37.3 Å². The second-order valence-electron chi connectivity index (χ2n) is 9.12. The van der Waals surface area contributed by atoms with Gasteiger partial charge < -0.3 is 5.73 Å². The first kappa shape index (κ1) is 17.5. The van der Waals surface area contributed by atoms with Crippen molar-refractivity contribution in [2.24, 2.45) is 22.9 Å². The summed E-state index contributed by atoms with van der Waals surface area (Å²) in [6.45, 7) is 1.86. The Hall–Kier alpha value is -2.63. The van der Waals surface area contributed by atoms with Gasteiger partial charge in [0.05, 0.1) is 5.71 Å². The normalized spacial score (nSPS) is 31.2. The third-order valence-corrected chi connectivity index (χ3v) is 7.07. The van der Waals surface area contributed by atoms with Crippen LogP contribution in [0.1, 0.15) is 67.2 Å². The Morgan fingerprint density at radius 1 is 1.14 bits per heavy atom. The molecule has 0 radical (unpaired) electrons. The van der Waals surface area contributed by atoms with Crippen LogP contribution in [0.4, 0.5) is 5.69 Å². The number of aromatic amines is 1. The predicted octanol–water partition coefficient (Wildman–Crippen LogP) is 3.61. The summed E-state index contributed by atoms with van der Waals surface area (Å²) in [7, 11) is 0. The lowest BCUT2D eigenvalue weighted by Gasteiger charge is -2.56. The molecule has 6 heteroatoms. The largest absolute Gasteiger partial charge is 0.399 e. The van der Waals surface area contributed by atoms with Gasteiger partial charge in [-0.25, -0.2) is 5.43 Å². The van der Waals surface area contributed by atoms with Crippen LogP contribution in [0.2, 0.25) is 0 Å². The predicted molar refractivity (Wildman–Crippen MR) is 109 cm³/mol. The number of nitrogens with one attached hydrogen (secondary N) is 2. The Bertz CT molecular complexity index is 891. The van der Waals surface area contributed by atoms with Gasteiger partial charge in [0.25, 0.3) is 5.91 Å². The standard InChI is InChI=1S/C22H27N5O/c1-13(17-2-4-18(23)5-3-17)24-27-21(28)19-9-20(26-25-19)22-10-14-6-15(11-22)8-16(7-14)12-22/h2-5,9,14-16H,6-8,10-12,23H2,1H3,(H,25,26)(H,27,28). The van der Waals surface area contributed by atoms with Gasteiger partial charge in [-0.1, -0.05) is 12.1 Å². The van der Waals surface area contributed by atoms with Crippen molar-refractivity contribution in [3.63, 3.8) is 0 Å². The minimum absolute atomic E-state index is 0.212. The van der Waals surface area contributed by atoms with Crippen molar-refractivity contribution in [1.29, 1.82) is 0 Å². The monoisotopic (exact) mass is 377 g/mol. The molecule has 4 fully saturated rings. The number of H-pyrrole nitrogens is 1. The van der Waals surface area contributed by atoms with Crippen molar-refractivity contribution in [3.8, 4) is 0 Å². The quantitative estimate of drug-likeness (QED) is 0.431. The molecule has 1 aromatic heterocycles. The topological polar surface area (TPSA) is 96.2 Å². The lowest BCUT2D eigenvalue weighted by Crippen LogP contribution is -2.48. The summed E-state index contributed by atoms with van der Waals surface area (Å²) in [4.78, 5) is 12.6. The fraction of sp³-hybridized carbons (Fsp3) is 0.500. The summed E-state index contributed by atoms with van der Waals surface area (Å²) < 4.78 is 0. The molecule has 4 aliphatic carbocycles. The molecule has 4 aliphatic rings. The summed E-state index contributed by atoms with van der Waals surface area (Å²) in [6.07, 6.45) is 7.95. The van der Waals surface area contributed by atoms with Gasteiger partial charge in [-0.2, -0.15) is 10.2 Å². The molecule has 1 aromatic carbocycles. The fourth-order valence-corrected chi connectivity index (χ4v) is 6.13. The lowest BCUT2D eigenvalue weighted by molar-refractivity contribution is -0.00721. The number of nitrogens with zero attached hydrogens (tertiary/aromatic N) is 2. The van der Waals surface area contributed by atoms with E-state index in [0.29, 0.717) is 11.4 Å². The lowest BCUT2D eigenvalue weighted by atomic mass is 9.49. The van der Waals surface area contributed by atoms with E-state index in [1.165, 1.54) is 38.5 Å². The number of benzene rings is 1. The zero-order chi connectivity index (χ0) is 19.3. The van der Waals surface area contributed by atoms with Crippen molar-refractivity contribution in [1.82, 2.24) is 15.6 Å². The maximum absolute atomic E-state index is 12.6. The van der Waals surface area contributed by atoms with Gasteiger partial charge in [0, 0.05) is 16.8 Å². The second-order valence-corrected chi connectivity index (χ2v) is 9.12. The SMILES string of the molecule is CC(=NNC(=O)c1cc(C23CC4CC(CC(C4)C2)C3)[nH]n1)c1ccc(N)cc1. The molecule has 4 N–H and O–H groups in total. The molecule has 4 bridgehead atoms. The van der Waals surface area contributed by atoms with E-state index in [9.17, 15) is 4.79 Å². The van der Waals surface area contributed by atoms with Gasteiger partial charge in [-0.05, 0) is 87.0 Å². The summed E-state index contributed by atoms with van der Waals surface area (Å²) in [5.41, 5.74) is 12.5. The first-order chi connectivity index (χ1) is 13.5. The van der Waals surface area contributed by atoms with Crippen LogP contribution >= 0.6 is 0 Å². The number of nitrogen functional groups attached to an aromatic ring is 1. The Morgan fingerprint density at radius 3 is 2.36 bits per heavy atom. The highest BCUT2D eigenvalue weighted by atomic mass is 16.2. The van der Waals surface area contributed by atoms with E-state index in [4.69, 9.17) is 5.73 Å². The van der Waals surface area contributed by atoms with Gasteiger partial charge in [0.15, 0.2) is 5.69 Å². The van der Waals surface area contributed by atoms with E-state index in [0.717, 1.165) is 34.7 Å². The summed E-state index contributed by atoms with van der Waals surface area (Å²) in [5.74, 6) is 2.30. The van der Waals surface area contributed by atoms with Crippen LogP contribution in [0.5, 0.6) is 0 Å².